The third kappa shape index (κ3) is 4.40. The Morgan fingerprint density at radius 2 is 2.06 bits per heavy atom. The van der Waals surface area contributed by atoms with Crippen molar-refractivity contribution in [2.24, 2.45) is 0 Å². The van der Waals surface area contributed by atoms with E-state index in [9.17, 15) is 0 Å². The van der Waals surface area contributed by atoms with E-state index < -0.39 is 0 Å². The summed E-state index contributed by atoms with van der Waals surface area (Å²) < 4.78 is 0. The molecule has 0 radical (unpaired) electrons. The Morgan fingerprint density at radius 1 is 1.35 bits per heavy atom. The fourth-order valence-corrected chi connectivity index (χ4v) is 1.87. The van der Waals surface area contributed by atoms with Gasteiger partial charge in [-0.25, -0.2) is 4.98 Å². The molecule has 4 nitrogen and oxygen atoms in total. The number of nitrogens with two attached hydrogens (primary N) is 1. The fourth-order valence-electron chi connectivity index (χ4n) is 1.70. The van der Waals surface area contributed by atoms with Crippen molar-refractivity contribution in [2.75, 3.05) is 44.4 Å². The minimum Gasteiger partial charge on any atom is -0.396 e. The Bertz CT molecular complexity index is 354. The predicted octanol–water partition coefficient (Wildman–Crippen LogP) is 2.10. The first kappa shape index (κ1) is 14.1. The van der Waals surface area contributed by atoms with Gasteiger partial charge < -0.3 is 15.5 Å². The lowest BCUT2D eigenvalue weighted by Crippen LogP contribution is -2.28. The average Bonchev–Trinajstić information content (AvgIpc) is 2.25. The largest absolute Gasteiger partial charge is 0.396 e. The standard InChI is InChI=1S/C12H21ClN4/c1-4-17(7-5-6-16(2)3)12-11(14)8-10(13)9-15-12/h8-9H,4-7,14H2,1-3H3. The van der Waals surface area contributed by atoms with E-state index in [4.69, 9.17) is 17.3 Å². The summed E-state index contributed by atoms with van der Waals surface area (Å²) in [5.74, 6) is 0.829. The number of anilines is 2. The third-order valence-electron chi connectivity index (χ3n) is 2.58. The SMILES string of the molecule is CCN(CCCN(C)C)c1ncc(Cl)cc1N. The van der Waals surface area contributed by atoms with Crippen LogP contribution >= 0.6 is 11.6 Å². The summed E-state index contributed by atoms with van der Waals surface area (Å²) in [6.07, 6.45) is 2.73. The molecule has 0 aliphatic carbocycles. The van der Waals surface area contributed by atoms with Gasteiger partial charge in [-0.05, 0) is 40.1 Å². The van der Waals surface area contributed by atoms with Gasteiger partial charge in [0.25, 0.3) is 0 Å². The molecule has 0 atom stereocenters. The second-order valence-corrected chi connectivity index (χ2v) is 4.74. The highest BCUT2D eigenvalue weighted by Crippen LogP contribution is 2.23. The van der Waals surface area contributed by atoms with E-state index in [0.717, 1.165) is 31.9 Å². The number of aromatic nitrogens is 1. The van der Waals surface area contributed by atoms with Crippen molar-refractivity contribution < 1.29 is 0 Å². The molecule has 0 aliphatic rings. The van der Waals surface area contributed by atoms with Crippen molar-refractivity contribution >= 4 is 23.1 Å². The average molecular weight is 257 g/mol. The number of hydrogen-bond donors (Lipinski definition) is 1. The van der Waals surface area contributed by atoms with E-state index in [-0.39, 0.29) is 0 Å². The van der Waals surface area contributed by atoms with Crippen LogP contribution in [0.3, 0.4) is 0 Å². The highest BCUT2D eigenvalue weighted by molar-refractivity contribution is 6.30. The summed E-state index contributed by atoms with van der Waals surface area (Å²) in [5, 5.41) is 0.579. The zero-order chi connectivity index (χ0) is 12.8. The zero-order valence-electron chi connectivity index (χ0n) is 10.8. The first-order valence-electron chi connectivity index (χ1n) is 5.85. The molecule has 0 aromatic carbocycles. The van der Waals surface area contributed by atoms with Gasteiger partial charge in [0.2, 0.25) is 0 Å². The Hall–Kier alpha value is -1.00. The minimum absolute atomic E-state index is 0.579. The minimum atomic E-state index is 0.579. The van der Waals surface area contributed by atoms with Crippen LogP contribution in [-0.4, -0.2) is 43.6 Å². The van der Waals surface area contributed by atoms with Crippen molar-refractivity contribution in [1.29, 1.82) is 0 Å². The maximum atomic E-state index is 5.93. The maximum Gasteiger partial charge on any atom is 0.151 e. The van der Waals surface area contributed by atoms with Crippen LogP contribution in [-0.2, 0) is 0 Å². The van der Waals surface area contributed by atoms with Crippen molar-refractivity contribution in [1.82, 2.24) is 9.88 Å². The molecule has 0 unspecified atom stereocenters. The van der Waals surface area contributed by atoms with E-state index in [1.807, 2.05) is 0 Å². The number of pyridine rings is 1. The molecule has 1 rings (SSSR count). The van der Waals surface area contributed by atoms with Gasteiger partial charge in [0.15, 0.2) is 5.82 Å². The zero-order valence-corrected chi connectivity index (χ0v) is 11.5. The van der Waals surface area contributed by atoms with Gasteiger partial charge in [-0.1, -0.05) is 11.6 Å². The molecule has 1 aromatic heterocycles. The molecule has 0 fully saturated rings. The summed E-state index contributed by atoms with van der Waals surface area (Å²) in [5.41, 5.74) is 6.57. The molecule has 96 valence electrons. The first-order valence-corrected chi connectivity index (χ1v) is 6.23. The van der Waals surface area contributed by atoms with Gasteiger partial charge in [-0.3, -0.25) is 0 Å². The highest BCUT2D eigenvalue weighted by atomic mass is 35.5. The molecule has 2 N–H and O–H groups in total. The summed E-state index contributed by atoms with van der Waals surface area (Å²) in [6, 6.07) is 1.75. The molecule has 0 spiro atoms. The Kier molecular flexibility index (Phi) is 5.51. The molecule has 0 aliphatic heterocycles. The smallest absolute Gasteiger partial charge is 0.151 e. The van der Waals surface area contributed by atoms with Crippen LogP contribution in [0.1, 0.15) is 13.3 Å². The lowest BCUT2D eigenvalue weighted by Gasteiger charge is -2.24. The molecule has 5 heteroatoms. The van der Waals surface area contributed by atoms with Crippen molar-refractivity contribution in [2.45, 2.75) is 13.3 Å². The summed E-state index contributed by atoms with van der Waals surface area (Å²) in [4.78, 5) is 8.65. The van der Waals surface area contributed by atoms with Gasteiger partial charge in [0.05, 0.1) is 10.7 Å². The number of hydrogen-bond acceptors (Lipinski definition) is 4. The van der Waals surface area contributed by atoms with Crippen LogP contribution in [0.15, 0.2) is 12.3 Å². The van der Waals surface area contributed by atoms with E-state index in [0.29, 0.717) is 10.7 Å². The number of nitrogen functional groups attached to an aromatic ring is 1. The van der Waals surface area contributed by atoms with E-state index >= 15 is 0 Å². The van der Waals surface area contributed by atoms with Crippen molar-refractivity contribution in [3.8, 4) is 0 Å². The third-order valence-corrected chi connectivity index (χ3v) is 2.78. The Morgan fingerprint density at radius 3 is 2.59 bits per heavy atom. The quantitative estimate of drug-likeness (QED) is 0.847. The Balaban J connectivity index is 2.66. The monoisotopic (exact) mass is 256 g/mol. The van der Waals surface area contributed by atoms with Crippen LogP contribution in [0.5, 0.6) is 0 Å². The summed E-state index contributed by atoms with van der Waals surface area (Å²) >= 11 is 5.84. The molecule has 17 heavy (non-hydrogen) atoms. The van der Waals surface area contributed by atoms with Gasteiger partial charge in [0.1, 0.15) is 0 Å². The molecule has 0 amide bonds. The molecule has 0 bridgehead atoms. The predicted molar refractivity (Wildman–Crippen MR) is 74.7 cm³/mol. The summed E-state index contributed by atoms with van der Waals surface area (Å²) in [6.45, 7) is 5.01. The van der Waals surface area contributed by atoms with Crippen LogP contribution < -0.4 is 10.6 Å². The lowest BCUT2D eigenvalue weighted by atomic mass is 10.3. The van der Waals surface area contributed by atoms with Gasteiger partial charge in [-0.15, -0.1) is 0 Å². The van der Waals surface area contributed by atoms with E-state index in [2.05, 4.69) is 35.8 Å². The lowest BCUT2D eigenvalue weighted by molar-refractivity contribution is 0.400. The van der Waals surface area contributed by atoms with E-state index in [1.165, 1.54) is 0 Å². The summed E-state index contributed by atoms with van der Waals surface area (Å²) in [7, 11) is 4.15. The van der Waals surface area contributed by atoms with Crippen LogP contribution in [0, 0.1) is 0 Å². The number of halogens is 1. The fraction of sp³-hybridized carbons (Fsp3) is 0.583. The van der Waals surface area contributed by atoms with Crippen LogP contribution in [0.25, 0.3) is 0 Å². The van der Waals surface area contributed by atoms with E-state index in [1.54, 1.807) is 12.3 Å². The molecule has 1 heterocycles. The van der Waals surface area contributed by atoms with Gasteiger partial charge in [-0.2, -0.15) is 0 Å². The number of rotatable bonds is 6. The first-order chi connectivity index (χ1) is 8.04. The number of nitrogens with zero attached hydrogens (tertiary/aromatic N) is 3. The molecular formula is C12H21ClN4. The molecule has 0 saturated carbocycles. The van der Waals surface area contributed by atoms with Crippen LogP contribution in [0.4, 0.5) is 11.5 Å². The topological polar surface area (TPSA) is 45.4 Å². The second-order valence-electron chi connectivity index (χ2n) is 4.30. The highest BCUT2D eigenvalue weighted by Gasteiger charge is 2.09. The normalized spacial score (nSPS) is 10.9. The molecule has 0 saturated heterocycles. The molecular weight excluding hydrogens is 236 g/mol. The maximum absolute atomic E-state index is 5.93. The van der Waals surface area contributed by atoms with Crippen molar-refractivity contribution in [3.05, 3.63) is 17.3 Å². The second kappa shape index (κ2) is 6.67. The van der Waals surface area contributed by atoms with Crippen LogP contribution in [0.2, 0.25) is 5.02 Å². The molecule has 1 aromatic rings. The Labute approximate surface area is 108 Å². The van der Waals surface area contributed by atoms with Gasteiger partial charge in [0, 0.05) is 19.3 Å². The van der Waals surface area contributed by atoms with Gasteiger partial charge >= 0.3 is 0 Å². The van der Waals surface area contributed by atoms with Crippen molar-refractivity contribution in [3.63, 3.8) is 0 Å².